The highest BCUT2D eigenvalue weighted by Gasteiger charge is 2.16. The van der Waals surface area contributed by atoms with E-state index in [0.717, 1.165) is 0 Å². The average molecular weight is 165 g/mol. The molecule has 0 atom stereocenters. The third-order valence-corrected chi connectivity index (χ3v) is 1.56. The lowest BCUT2D eigenvalue weighted by Gasteiger charge is -2.06. The van der Waals surface area contributed by atoms with Crippen molar-refractivity contribution < 1.29 is 9.90 Å². The molecule has 1 rings (SSSR count). The van der Waals surface area contributed by atoms with E-state index >= 15 is 0 Å². The molecule has 63 valence electrons. The van der Waals surface area contributed by atoms with Crippen molar-refractivity contribution in [2.24, 2.45) is 5.73 Å². The lowest BCUT2D eigenvalue weighted by atomic mass is 10.0. The van der Waals surface area contributed by atoms with Gasteiger partial charge in [0.05, 0.1) is 5.92 Å². The molecule has 0 aliphatic rings. The van der Waals surface area contributed by atoms with E-state index in [1.807, 2.05) is 0 Å². The van der Waals surface area contributed by atoms with Crippen molar-refractivity contribution in [3.63, 3.8) is 0 Å². The molecule has 4 heteroatoms. The maximum Gasteiger partial charge on any atom is 0.229 e. The molecule has 0 spiro atoms. The van der Waals surface area contributed by atoms with Crippen LogP contribution in [0, 0.1) is 5.92 Å². The summed E-state index contributed by atoms with van der Waals surface area (Å²) in [5.74, 6) is -0.423. The third-order valence-electron chi connectivity index (χ3n) is 1.56. The number of primary amides is 1. The van der Waals surface area contributed by atoms with Crippen LogP contribution in [-0.4, -0.2) is 16.0 Å². The van der Waals surface area contributed by atoms with E-state index in [4.69, 9.17) is 5.73 Å². The molecule has 1 amide bonds. The van der Waals surface area contributed by atoms with Crippen LogP contribution in [0.5, 0.6) is 5.88 Å². The quantitative estimate of drug-likeness (QED) is 0.657. The molecule has 0 saturated carbocycles. The highest BCUT2D eigenvalue weighted by Crippen LogP contribution is 2.20. The van der Waals surface area contributed by atoms with E-state index in [-0.39, 0.29) is 5.88 Å². The van der Waals surface area contributed by atoms with Crippen LogP contribution in [0.15, 0.2) is 18.3 Å². The third kappa shape index (κ3) is 1.53. The average Bonchev–Trinajstić information content (AvgIpc) is 2.04. The molecular formula is C8H9N2O2. The number of hydrogen-bond acceptors (Lipinski definition) is 3. The zero-order valence-corrected chi connectivity index (χ0v) is 6.61. The summed E-state index contributed by atoms with van der Waals surface area (Å²) in [5.41, 5.74) is 5.40. The molecule has 1 aromatic rings. The van der Waals surface area contributed by atoms with Crippen LogP contribution in [0.1, 0.15) is 12.5 Å². The molecule has 0 aromatic carbocycles. The number of rotatable bonds is 2. The Labute approximate surface area is 70.0 Å². The Kier molecular flexibility index (Phi) is 2.28. The SMILES string of the molecule is C[C](C(N)=O)c1cccnc1O. The van der Waals surface area contributed by atoms with E-state index in [9.17, 15) is 9.90 Å². The molecule has 1 heterocycles. The first-order valence-electron chi connectivity index (χ1n) is 3.40. The van der Waals surface area contributed by atoms with Crippen LogP contribution in [-0.2, 0) is 4.79 Å². The summed E-state index contributed by atoms with van der Waals surface area (Å²) < 4.78 is 0. The van der Waals surface area contributed by atoms with Gasteiger partial charge in [0.15, 0.2) is 0 Å². The van der Waals surface area contributed by atoms with E-state index in [0.29, 0.717) is 11.5 Å². The number of aromatic hydroxyl groups is 1. The summed E-state index contributed by atoms with van der Waals surface area (Å²) in [6, 6.07) is 3.21. The second-order valence-electron chi connectivity index (χ2n) is 2.36. The van der Waals surface area contributed by atoms with Gasteiger partial charge in [-0.1, -0.05) is 6.07 Å². The molecular weight excluding hydrogens is 156 g/mol. The fourth-order valence-electron chi connectivity index (χ4n) is 0.822. The van der Waals surface area contributed by atoms with Gasteiger partial charge < -0.3 is 10.8 Å². The van der Waals surface area contributed by atoms with Gasteiger partial charge in [0.2, 0.25) is 11.8 Å². The van der Waals surface area contributed by atoms with Gasteiger partial charge in [-0.25, -0.2) is 4.98 Å². The van der Waals surface area contributed by atoms with Gasteiger partial charge in [-0.05, 0) is 13.0 Å². The Bertz CT molecular complexity index is 299. The fraction of sp³-hybridized carbons (Fsp3) is 0.125. The Morgan fingerprint density at radius 2 is 2.33 bits per heavy atom. The van der Waals surface area contributed by atoms with Gasteiger partial charge in [0, 0.05) is 11.8 Å². The standard InChI is InChI=1S/C8H9N2O2/c1-5(7(9)11)6-3-2-4-10-8(6)12/h2-4H,1H3,(H2,9,11)(H,10,12). The molecule has 0 bridgehead atoms. The number of nitrogens with zero attached hydrogens (tertiary/aromatic N) is 1. The van der Waals surface area contributed by atoms with Crippen LogP contribution in [0.25, 0.3) is 0 Å². The van der Waals surface area contributed by atoms with Crippen molar-refractivity contribution >= 4 is 5.91 Å². The van der Waals surface area contributed by atoms with Gasteiger partial charge in [-0.3, -0.25) is 4.79 Å². The van der Waals surface area contributed by atoms with Gasteiger partial charge in [0.1, 0.15) is 0 Å². The maximum atomic E-state index is 10.7. The van der Waals surface area contributed by atoms with Crippen molar-refractivity contribution in [3.05, 3.63) is 29.8 Å². The monoisotopic (exact) mass is 165 g/mol. The highest BCUT2D eigenvalue weighted by atomic mass is 16.3. The molecule has 3 N–H and O–H groups in total. The Hall–Kier alpha value is -1.58. The minimum atomic E-state index is -0.557. The Morgan fingerprint density at radius 3 is 2.83 bits per heavy atom. The number of carbonyl (C=O) groups excluding carboxylic acids is 1. The van der Waals surface area contributed by atoms with Gasteiger partial charge >= 0.3 is 0 Å². The van der Waals surface area contributed by atoms with Crippen molar-refractivity contribution in [3.8, 4) is 5.88 Å². The molecule has 0 aliphatic carbocycles. The number of hydrogen-bond donors (Lipinski definition) is 2. The van der Waals surface area contributed by atoms with Crippen LogP contribution in [0.3, 0.4) is 0 Å². The summed E-state index contributed by atoms with van der Waals surface area (Å²) in [6.45, 7) is 1.54. The Morgan fingerprint density at radius 1 is 1.67 bits per heavy atom. The summed E-state index contributed by atoms with van der Waals surface area (Å²) >= 11 is 0. The minimum Gasteiger partial charge on any atom is -0.493 e. The zero-order valence-electron chi connectivity index (χ0n) is 6.61. The van der Waals surface area contributed by atoms with Crippen molar-refractivity contribution in [2.75, 3.05) is 0 Å². The molecule has 0 unspecified atom stereocenters. The number of carbonyl (C=O) groups is 1. The first kappa shape index (κ1) is 8.52. The van der Waals surface area contributed by atoms with Crippen molar-refractivity contribution in [1.82, 2.24) is 4.98 Å². The second kappa shape index (κ2) is 3.21. The zero-order chi connectivity index (χ0) is 9.14. The van der Waals surface area contributed by atoms with E-state index < -0.39 is 5.91 Å². The molecule has 4 nitrogen and oxygen atoms in total. The largest absolute Gasteiger partial charge is 0.493 e. The molecule has 1 aromatic heterocycles. The maximum absolute atomic E-state index is 10.7. The number of nitrogens with two attached hydrogens (primary N) is 1. The smallest absolute Gasteiger partial charge is 0.229 e. The van der Waals surface area contributed by atoms with Crippen LogP contribution < -0.4 is 5.73 Å². The summed E-state index contributed by atoms with van der Waals surface area (Å²) in [5, 5.41) is 9.19. The summed E-state index contributed by atoms with van der Waals surface area (Å²) in [6.07, 6.45) is 1.44. The van der Waals surface area contributed by atoms with Crippen LogP contribution in [0.2, 0.25) is 0 Å². The fourth-order valence-corrected chi connectivity index (χ4v) is 0.822. The lowest BCUT2D eigenvalue weighted by Crippen LogP contribution is -2.19. The predicted molar refractivity (Wildman–Crippen MR) is 43.1 cm³/mol. The van der Waals surface area contributed by atoms with E-state index in [1.54, 1.807) is 19.1 Å². The molecule has 0 saturated heterocycles. The van der Waals surface area contributed by atoms with Gasteiger partial charge in [-0.2, -0.15) is 0 Å². The summed E-state index contributed by atoms with van der Waals surface area (Å²) in [7, 11) is 0. The van der Waals surface area contributed by atoms with Crippen LogP contribution >= 0.6 is 0 Å². The normalized spacial score (nSPS) is 10.2. The molecule has 1 radical (unpaired) electrons. The topological polar surface area (TPSA) is 76.2 Å². The number of aromatic nitrogens is 1. The van der Waals surface area contributed by atoms with Crippen molar-refractivity contribution in [1.29, 1.82) is 0 Å². The molecule has 12 heavy (non-hydrogen) atoms. The number of amides is 1. The molecule has 0 aliphatic heterocycles. The summed E-state index contributed by atoms with van der Waals surface area (Å²) in [4.78, 5) is 14.3. The predicted octanol–water partition coefficient (Wildman–Crippen LogP) is 0.215. The van der Waals surface area contributed by atoms with E-state index in [2.05, 4.69) is 4.98 Å². The lowest BCUT2D eigenvalue weighted by molar-refractivity contribution is -0.115. The van der Waals surface area contributed by atoms with Crippen LogP contribution in [0.4, 0.5) is 0 Å². The number of pyridine rings is 1. The first-order valence-corrected chi connectivity index (χ1v) is 3.40. The molecule has 0 fully saturated rings. The minimum absolute atomic E-state index is 0.172. The van der Waals surface area contributed by atoms with E-state index in [1.165, 1.54) is 6.20 Å². The second-order valence-corrected chi connectivity index (χ2v) is 2.36. The van der Waals surface area contributed by atoms with Gasteiger partial charge in [0.25, 0.3) is 0 Å². The first-order chi connectivity index (χ1) is 5.63. The van der Waals surface area contributed by atoms with Gasteiger partial charge in [-0.15, -0.1) is 0 Å². The Balaban J connectivity index is 3.02. The highest BCUT2D eigenvalue weighted by molar-refractivity contribution is 5.92. The van der Waals surface area contributed by atoms with Crippen molar-refractivity contribution in [2.45, 2.75) is 6.92 Å².